The fourth-order valence-corrected chi connectivity index (χ4v) is 4.92. The Morgan fingerprint density at radius 2 is 2.22 bits per heavy atom. The maximum atomic E-state index is 12.6. The molecule has 0 aromatic carbocycles. The maximum absolute atomic E-state index is 12.6. The predicted molar refractivity (Wildman–Crippen MR) is 93.9 cm³/mol. The average Bonchev–Trinajstić information content (AvgIpc) is 2.92. The number of allylic oxidation sites excluding steroid dienone is 2. The van der Waals surface area contributed by atoms with Gasteiger partial charge in [-0.15, -0.1) is 11.3 Å². The van der Waals surface area contributed by atoms with Gasteiger partial charge in [-0.25, -0.2) is 0 Å². The summed E-state index contributed by atoms with van der Waals surface area (Å²) in [5, 5.41) is 0. The Balaban J connectivity index is 2.13. The van der Waals surface area contributed by atoms with Gasteiger partial charge in [-0.3, -0.25) is 14.6 Å². The molecule has 2 aliphatic rings. The molecular formula is C17H18BrNO3S. The van der Waals surface area contributed by atoms with Gasteiger partial charge >= 0.3 is 5.97 Å². The Morgan fingerprint density at radius 1 is 1.43 bits per heavy atom. The molecule has 1 aliphatic heterocycles. The second kappa shape index (κ2) is 6.69. The number of esters is 1. The van der Waals surface area contributed by atoms with Gasteiger partial charge in [-0.2, -0.15) is 0 Å². The van der Waals surface area contributed by atoms with Crippen LogP contribution in [0.1, 0.15) is 43.9 Å². The standard InChI is InChI=1S/C17H18BrNO3S/c1-3-22-17(21)14-9(2)19-10-5-4-6-11(20)15(10)16(14)12-7-8-13(18)23-12/h7-8,14,16H,3-6H2,1-2H3/t14?,16-/m0/s1. The summed E-state index contributed by atoms with van der Waals surface area (Å²) >= 11 is 5.04. The summed E-state index contributed by atoms with van der Waals surface area (Å²) in [6.07, 6.45) is 2.17. The van der Waals surface area contributed by atoms with Crippen molar-refractivity contribution in [3.05, 3.63) is 32.1 Å². The van der Waals surface area contributed by atoms with Crippen LogP contribution in [0.5, 0.6) is 0 Å². The summed E-state index contributed by atoms with van der Waals surface area (Å²) < 4.78 is 6.25. The lowest BCUT2D eigenvalue weighted by Gasteiger charge is -2.33. The molecule has 0 spiro atoms. The van der Waals surface area contributed by atoms with E-state index in [4.69, 9.17) is 4.74 Å². The van der Waals surface area contributed by atoms with E-state index in [1.165, 1.54) is 0 Å². The molecule has 0 radical (unpaired) electrons. The first-order valence-electron chi connectivity index (χ1n) is 7.76. The zero-order valence-corrected chi connectivity index (χ0v) is 15.5. The number of thiophene rings is 1. The summed E-state index contributed by atoms with van der Waals surface area (Å²) in [6.45, 7) is 3.98. The number of ether oxygens (including phenoxy) is 1. The number of aliphatic imine (C=N–C) groups is 1. The van der Waals surface area contributed by atoms with E-state index in [9.17, 15) is 9.59 Å². The van der Waals surface area contributed by atoms with Crippen molar-refractivity contribution < 1.29 is 14.3 Å². The number of hydrogen-bond donors (Lipinski definition) is 0. The summed E-state index contributed by atoms with van der Waals surface area (Å²) in [6, 6.07) is 3.94. The number of halogens is 1. The van der Waals surface area contributed by atoms with Gasteiger partial charge < -0.3 is 4.74 Å². The number of hydrogen-bond acceptors (Lipinski definition) is 5. The van der Waals surface area contributed by atoms with Crippen molar-refractivity contribution in [3.8, 4) is 0 Å². The van der Waals surface area contributed by atoms with Crippen LogP contribution in [0.15, 0.2) is 32.2 Å². The molecule has 3 rings (SSSR count). The molecule has 1 unspecified atom stereocenters. The molecular weight excluding hydrogens is 378 g/mol. The maximum Gasteiger partial charge on any atom is 0.315 e. The summed E-state index contributed by atoms with van der Waals surface area (Å²) in [7, 11) is 0. The van der Waals surface area contributed by atoms with E-state index in [0.29, 0.717) is 18.6 Å². The lowest BCUT2D eigenvalue weighted by molar-refractivity contribution is -0.146. The number of carbonyl (C=O) groups is 2. The van der Waals surface area contributed by atoms with Gasteiger partial charge in [-0.05, 0) is 54.8 Å². The second-order valence-corrected chi connectivity index (χ2v) is 8.23. The van der Waals surface area contributed by atoms with Gasteiger partial charge in [-0.1, -0.05) is 0 Å². The van der Waals surface area contributed by atoms with Gasteiger partial charge in [0, 0.05) is 34.2 Å². The van der Waals surface area contributed by atoms with Crippen LogP contribution in [0.4, 0.5) is 0 Å². The minimum atomic E-state index is -0.513. The molecule has 0 saturated heterocycles. The fraction of sp³-hybridized carbons (Fsp3) is 0.471. The number of rotatable bonds is 3. The molecule has 2 atom stereocenters. The fourth-order valence-electron chi connectivity index (χ4n) is 3.35. The van der Waals surface area contributed by atoms with E-state index in [0.717, 1.165) is 32.9 Å². The number of carbonyl (C=O) groups excluding carboxylic acids is 2. The van der Waals surface area contributed by atoms with Crippen LogP contribution in [0.25, 0.3) is 0 Å². The van der Waals surface area contributed by atoms with Crippen molar-refractivity contribution in [1.82, 2.24) is 0 Å². The van der Waals surface area contributed by atoms with Gasteiger partial charge in [0.2, 0.25) is 0 Å². The van der Waals surface area contributed by atoms with Crippen LogP contribution in [0, 0.1) is 5.92 Å². The monoisotopic (exact) mass is 395 g/mol. The van der Waals surface area contributed by atoms with Crippen molar-refractivity contribution in [2.24, 2.45) is 10.9 Å². The molecule has 0 saturated carbocycles. The van der Waals surface area contributed by atoms with Crippen LogP contribution in [0.2, 0.25) is 0 Å². The quantitative estimate of drug-likeness (QED) is 0.718. The van der Waals surface area contributed by atoms with E-state index >= 15 is 0 Å². The minimum absolute atomic E-state index is 0.117. The Bertz CT molecular complexity index is 719. The molecule has 0 amide bonds. The molecule has 122 valence electrons. The topological polar surface area (TPSA) is 55.7 Å². The Morgan fingerprint density at radius 3 is 2.87 bits per heavy atom. The normalized spacial score (nSPS) is 24.3. The van der Waals surface area contributed by atoms with Crippen molar-refractivity contribution >= 4 is 44.7 Å². The lowest BCUT2D eigenvalue weighted by atomic mass is 9.74. The van der Waals surface area contributed by atoms with Crippen LogP contribution in [-0.4, -0.2) is 24.1 Å². The van der Waals surface area contributed by atoms with Gasteiger partial charge in [0.1, 0.15) is 5.92 Å². The third-order valence-electron chi connectivity index (χ3n) is 4.28. The zero-order chi connectivity index (χ0) is 16.6. The molecule has 0 fully saturated rings. The highest BCUT2D eigenvalue weighted by Crippen LogP contribution is 2.46. The van der Waals surface area contributed by atoms with Crippen molar-refractivity contribution in [3.63, 3.8) is 0 Å². The van der Waals surface area contributed by atoms with Gasteiger partial charge in [0.25, 0.3) is 0 Å². The van der Waals surface area contributed by atoms with Crippen LogP contribution in [-0.2, 0) is 14.3 Å². The highest BCUT2D eigenvalue weighted by atomic mass is 79.9. The van der Waals surface area contributed by atoms with Crippen molar-refractivity contribution in [2.45, 2.75) is 39.0 Å². The molecule has 1 aromatic heterocycles. The molecule has 6 heteroatoms. The first-order chi connectivity index (χ1) is 11.0. The summed E-state index contributed by atoms with van der Waals surface area (Å²) in [4.78, 5) is 30.7. The van der Waals surface area contributed by atoms with Crippen molar-refractivity contribution in [2.75, 3.05) is 6.61 Å². The molecule has 23 heavy (non-hydrogen) atoms. The molecule has 1 aliphatic carbocycles. The van der Waals surface area contributed by atoms with Crippen LogP contribution in [0.3, 0.4) is 0 Å². The van der Waals surface area contributed by atoms with Crippen LogP contribution >= 0.6 is 27.3 Å². The first kappa shape index (κ1) is 16.6. The SMILES string of the molecule is CCOC(=O)C1C(C)=NC2=C(C(=O)CCC2)[C@H]1c1ccc(Br)s1. The van der Waals surface area contributed by atoms with Gasteiger partial charge in [0.15, 0.2) is 5.78 Å². The molecule has 4 nitrogen and oxygen atoms in total. The predicted octanol–water partition coefficient (Wildman–Crippen LogP) is 4.26. The van der Waals surface area contributed by atoms with E-state index in [2.05, 4.69) is 20.9 Å². The van der Waals surface area contributed by atoms with E-state index in [-0.39, 0.29) is 17.7 Å². The molecule has 0 bridgehead atoms. The highest BCUT2D eigenvalue weighted by molar-refractivity contribution is 9.11. The Kier molecular flexibility index (Phi) is 4.82. The first-order valence-corrected chi connectivity index (χ1v) is 9.37. The number of ketones is 1. The summed E-state index contributed by atoms with van der Waals surface area (Å²) in [5.74, 6) is -0.966. The lowest BCUT2D eigenvalue weighted by Crippen LogP contribution is -2.36. The minimum Gasteiger partial charge on any atom is -0.465 e. The third kappa shape index (κ3) is 3.06. The Labute approximate surface area is 147 Å². The molecule has 2 heterocycles. The smallest absolute Gasteiger partial charge is 0.315 e. The molecule has 0 N–H and O–H groups in total. The number of Topliss-reactive ketones (excluding diaryl/α,β-unsaturated/α-hetero) is 1. The Hall–Kier alpha value is -1.27. The molecule has 1 aromatic rings. The van der Waals surface area contributed by atoms with E-state index in [1.54, 1.807) is 18.3 Å². The summed E-state index contributed by atoms with van der Waals surface area (Å²) in [5.41, 5.74) is 2.31. The van der Waals surface area contributed by atoms with E-state index in [1.807, 2.05) is 19.1 Å². The average molecular weight is 396 g/mol. The zero-order valence-electron chi connectivity index (χ0n) is 13.1. The van der Waals surface area contributed by atoms with Crippen molar-refractivity contribution in [1.29, 1.82) is 0 Å². The van der Waals surface area contributed by atoms with E-state index < -0.39 is 5.92 Å². The third-order valence-corrected chi connectivity index (χ3v) is 5.98. The van der Waals surface area contributed by atoms with Crippen LogP contribution < -0.4 is 0 Å². The second-order valence-electron chi connectivity index (χ2n) is 5.74. The number of nitrogens with zero attached hydrogens (tertiary/aromatic N) is 1. The van der Waals surface area contributed by atoms with Gasteiger partial charge in [0.05, 0.1) is 10.4 Å². The highest BCUT2D eigenvalue weighted by Gasteiger charge is 2.43. The largest absolute Gasteiger partial charge is 0.465 e.